The van der Waals surface area contributed by atoms with Crippen LogP contribution < -0.4 is 19.8 Å². The molecule has 6 rings (SSSR count). The fraction of sp³-hybridized carbons (Fsp3) is 0.517. The number of aliphatic hydroxyl groups excluding tert-OH is 1. The number of fused-ring (bicyclic) bond motifs is 1. The van der Waals surface area contributed by atoms with E-state index in [4.69, 9.17) is 10.1 Å². The van der Waals surface area contributed by atoms with Gasteiger partial charge in [-0.15, -0.1) is 0 Å². The third-order valence-corrected chi connectivity index (χ3v) is 10.1. The first-order chi connectivity index (χ1) is 19.7. The van der Waals surface area contributed by atoms with E-state index in [1.54, 1.807) is 24.3 Å². The summed E-state index contributed by atoms with van der Waals surface area (Å²) >= 11 is 0. The smallest absolute Gasteiger partial charge is 0.274 e. The second-order valence-electron chi connectivity index (χ2n) is 11.7. The van der Waals surface area contributed by atoms with Gasteiger partial charge in [-0.3, -0.25) is 9.52 Å². The molecule has 4 heterocycles. The number of rotatable bonds is 8. The Balaban J connectivity index is 1.31. The van der Waals surface area contributed by atoms with Gasteiger partial charge in [-0.05, 0) is 74.3 Å². The van der Waals surface area contributed by atoms with Crippen LogP contribution in [0.2, 0.25) is 0 Å². The number of aryl methyl sites for hydroxylation is 1. The van der Waals surface area contributed by atoms with Crippen molar-refractivity contribution in [2.45, 2.75) is 44.7 Å². The Morgan fingerprint density at radius 3 is 2.49 bits per heavy atom. The Kier molecular flexibility index (Phi) is 7.31. The van der Waals surface area contributed by atoms with Gasteiger partial charge in [0.15, 0.2) is 5.82 Å². The zero-order valence-electron chi connectivity index (χ0n) is 23.3. The monoisotopic (exact) mass is 584 g/mol. The van der Waals surface area contributed by atoms with E-state index in [1.165, 1.54) is 12.8 Å². The van der Waals surface area contributed by atoms with E-state index in [0.29, 0.717) is 48.5 Å². The number of anilines is 4. The summed E-state index contributed by atoms with van der Waals surface area (Å²) in [6, 6.07) is 8.78. The summed E-state index contributed by atoms with van der Waals surface area (Å²) in [5, 5.41) is 13.0. The van der Waals surface area contributed by atoms with Crippen LogP contribution in [0.15, 0.2) is 36.5 Å². The van der Waals surface area contributed by atoms with E-state index in [-0.39, 0.29) is 11.6 Å². The lowest BCUT2D eigenvalue weighted by molar-refractivity contribution is 0.102. The van der Waals surface area contributed by atoms with Crippen LogP contribution in [0.1, 0.15) is 49.0 Å². The number of carbonyl (C=O) groups excluding carboxylic acids is 1. The molecule has 3 aliphatic rings. The number of pyridine rings is 1. The summed E-state index contributed by atoms with van der Waals surface area (Å²) in [5.41, 5.74) is 3.30. The quantitative estimate of drug-likeness (QED) is 0.368. The molecule has 3 fully saturated rings. The first-order valence-corrected chi connectivity index (χ1v) is 16.0. The van der Waals surface area contributed by atoms with Gasteiger partial charge in [0.05, 0.1) is 34.9 Å². The van der Waals surface area contributed by atoms with Gasteiger partial charge < -0.3 is 24.8 Å². The molecule has 220 valence electrons. The summed E-state index contributed by atoms with van der Waals surface area (Å²) in [7, 11) is -1.77. The number of hydrogen-bond donors (Lipinski definition) is 3. The van der Waals surface area contributed by atoms with E-state index in [2.05, 4.69) is 19.8 Å². The lowest BCUT2D eigenvalue weighted by atomic mass is 9.93. The van der Waals surface area contributed by atoms with Gasteiger partial charge in [0.1, 0.15) is 11.9 Å². The van der Waals surface area contributed by atoms with Crippen molar-refractivity contribution in [3.63, 3.8) is 0 Å². The number of benzene rings is 1. The topological polar surface area (TPSA) is 120 Å². The SMILES string of the molecule is Cn1ccc2cc(C(=O)Nc3ccc(NS(=O)(=O)CCO)cc3N3CCC4(CC3)CC4)nc(N3CCC(F)CC3)c21. The summed E-state index contributed by atoms with van der Waals surface area (Å²) < 4.78 is 43.0. The maximum absolute atomic E-state index is 13.9. The highest BCUT2D eigenvalue weighted by Gasteiger charge is 2.44. The molecule has 1 saturated carbocycles. The molecule has 1 amide bonds. The minimum absolute atomic E-state index is 0.260. The van der Waals surface area contributed by atoms with Gasteiger partial charge >= 0.3 is 0 Å². The molecule has 2 aliphatic heterocycles. The average Bonchev–Trinajstić information content (AvgIpc) is 3.60. The second-order valence-corrected chi connectivity index (χ2v) is 13.5. The van der Waals surface area contributed by atoms with Gasteiger partial charge in [-0.1, -0.05) is 0 Å². The largest absolute Gasteiger partial charge is 0.395 e. The van der Waals surface area contributed by atoms with Crippen LogP contribution in [0, 0.1) is 5.41 Å². The summed E-state index contributed by atoms with van der Waals surface area (Å²) in [6.45, 7) is 2.23. The van der Waals surface area contributed by atoms with Crippen LogP contribution in [-0.2, 0) is 17.1 Å². The number of sulfonamides is 1. The molecular weight excluding hydrogens is 547 g/mol. The van der Waals surface area contributed by atoms with Gasteiger partial charge in [0.2, 0.25) is 10.0 Å². The second kappa shape index (κ2) is 10.8. The fourth-order valence-corrected chi connectivity index (χ4v) is 6.92. The van der Waals surface area contributed by atoms with Crippen LogP contribution in [0.25, 0.3) is 10.9 Å². The van der Waals surface area contributed by atoms with Crippen molar-refractivity contribution in [1.82, 2.24) is 9.55 Å². The lowest BCUT2D eigenvalue weighted by Crippen LogP contribution is -2.36. The number of nitrogens with zero attached hydrogens (tertiary/aromatic N) is 4. The van der Waals surface area contributed by atoms with Gasteiger partial charge in [-0.25, -0.2) is 17.8 Å². The van der Waals surface area contributed by atoms with Crippen molar-refractivity contribution in [1.29, 1.82) is 0 Å². The molecule has 2 saturated heterocycles. The predicted molar refractivity (Wildman–Crippen MR) is 159 cm³/mol. The first kappa shape index (κ1) is 27.8. The minimum atomic E-state index is -3.70. The highest BCUT2D eigenvalue weighted by molar-refractivity contribution is 7.92. The van der Waals surface area contributed by atoms with Crippen molar-refractivity contribution in [2.75, 3.05) is 58.4 Å². The minimum Gasteiger partial charge on any atom is -0.395 e. The number of nitrogens with one attached hydrogen (secondary N) is 2. The van der Waals surface area contributed by atoms with E-state index in [0.717, 1.165) is 42.5 Å². The Morgan fingerprint density at radius 2 is 1.80 bits per heavy atom. The molecule has 0 atom stereocenters. The Morgan fingerprint density at radius 1 is 1.07 bits per heavy atom. The molecule has 12 heteroatoms. The summed E-state index contributed by atoms with van der Waals surface area (Å²) in [4.78, 5) is 22.7. The predicted octanol–water partition coefficient (Wildman–Crippen LogP) is 3.88. The molecule has 41 heavy (non-hydrogen) atoms. The zero-order valence-corrected chi connectivity index (χ0v) is 24.1. The van der Waals surface area contributed by atoms with Crippen molar-refractivity contribution in [3.8, 4) is 0 Å². The van der Waals surface area contributed by atoms with Crippen LogP contribution in [-0.4, -0.2) is 73.7 Å². The maximum Gasteiger partial charge on any atom is 0.274 e. The number of alkyl halides is 1. The molecule has 10 nitrogen and oxygen atoms in total. The Hall–Kier alpha value is -3.38. The molecule has 1 aromatic carbocycles. The lowest BCUT2D eigenvalue weighted by Gasteiger charge is -2.35. The van der Waals surface area contributed by atoms with Crippen LogP contribution in [0.4, 0.5) is 27.3 Å². The number of piperidine rings is 2. The van der Waals surface area contributed by atoms with Gasteiger partial charge in [-0.2, -0.15) is 0 Å². The summed E-state index contributed by atoms with van der Waals surface area (Å²) in [5.74, 6) is -0.0963. The number of hydrogen-bond acceptors (Lipinski definition) is 7. The standard InChI is InChI=1S/C29H37FN6O4S/c1-34-11-4-20-18-24(31-27(26(20)34)36-12-5-21(30)6-13-36)28(38)32-23-3-2-22(33-41(39,40)17-16-37)19-25(23)35-14-9-29(7-8-29)10-15-35/h2-4,11,18-19,21,33,37H,5-10,12-17H2,1H3,(H,32,38). The first-order valence-electron chi connectivity index (χ1n) is 14.3. The Labute approximate surface area is 239 Å². The molecule has 3 N–H and O–H groups in total. The fourth-order valence-electron chi connectivity index (χ4n) is 6.09. The molecule has 1 spiro atoms. The van der Waals surface area contributed by atoms with E-state index in [1.807, 2.05) is 23.9 Å². The number of amides is 1. The molecular formula is C29H37FN6O4S. The van der Waals surface area contributed by atoms with Gasteiger partial charge in [0, 0.05) is 44.8 Å². The molecule has 0 bridgehead atoms. The molecule has 1 aliphatic carbocycles. The van der Waals surface area contributed by atoms with Crippen LogP contribution in [0.5, 0.6) is 0 Å². The van der Waals surface area contributed by atoms with E-state index >= 15 is 0 Å². The number of carbonyl (C=O) groups is 1. The molecule has 0 unspecified atom stereocenters. The van der Waals surface area contributed by atoms with Crippen molar-refractivity contribution < 1.29 is 22.7 Å². The zero-order chi connectivity index (χ0) is 28.8. The third-order valence-electron chi connectivity index (χ3n) is 8.79. The average molecular weight is 585 g/mol. The molecule has 2 aromatic heterocycles. The van der Waals surface area contributed by atoms with E-state index in [9.17, 15) is 17.6 Å². The summed E-state index contributed by atoms with van der Waals surface area (Å²) in [6.07, 6.45) is 6.60. The highest BCUT2D eigenvalue weighted by Crippen LogP contribution is 2.54. The van der Waals surface area contributed by atoms with Crippen LogP contribution in [0.3, 0.4) is 0 Å². The van der Waals surface area contributed by atoms with Crippen molar-refractivity contribution >= 4 is 49.7 Å². The van der Waals surface area contributed by atoms with Gasteiger partial charge in [0.25, 0.3) is 5.91 Å². The molecule has 0 radical (unpaired) electrons. The number of aromatic nitrogens is 2. The molecule has 3 aromatic rings. The van der Waals surface area contributed by atoms with Crippen molar-refractivity contribution in [3.05, 3.63) is 42.2 Å². The normalized spacial score (nSPS) is 19.1. The van der Waals surface area contributed by atoms with Crippen molar-refractivity contribution in [2.24, 2.45) is 12.5 Å². The number of aliphatic hydroxyl groups is 1. The highest BCUT2D eigenvalue weighted by atomic mass is 32.2. The maximum atomic E-state index is 13.9. The van der Waals surface area contributed by atoms with Crippen LogP contribution >= 0.6 is 0 Å². The third kappa shape index (κ3) is 5.85. The van der Waals surface area contributed by atoms with E-state index < -0.39 is 28.6 Å². The Bertz CT molecular complexity index is 1550. The number of halogens is 1.